The van der Waals surface area contributed by atoms with E-state index >= 15 is 0 Å². The zero-order chi connectivity index (χ0) is 32.2. The van der Waals surface area contributed by atoms with Crippen LogP contribution >= 0.6 is 0 Å². The number of nitrogens with one attached hydrogen (secondary N) is 1. The molecule has 0 unspecified atom stereocenters. The maximum absolute atomic E-state index is 13.2. The number of methoxy groups -OCH3 is 1. The van der Waals surface area contributed by atoms with Crippen LogP contribution in [0.1, 0.15) is 35.3 Å². The first-order chi connectivity index (χ1) is 21.8. The van der Waals surface area contributed by atoms with Crippen LogP contribution in [0.15, 0.2) is 103 Å². The van der Waals surface area contributed by atoms with Crippen LogP contribution in [0.4, 0.5) is 5.69 Å². The summed E-state index contributed by atoms with van der Waals surface area (Å²) in [6.45, 7) is 2.70. The second kappa shape index (κ2) is 15.3. The normalized spacial score (nSPS) is 10.8. The van der Waals surface area contributed by atoms with Crippen LogP contribution in [0.25, 0.3) is 11.1 Å². The number of carbonyl (C=O) groups excluding carboxylic acids is 4. The molecule has 0 bridgehead atoms. The lowest BCUT2D eigenvalue weighted by molar-refractivity contribution is -0.170. The molecule has 0 aromatic heterocycles. The minimum Gasteiger partial charge on any atom is -0.497 e. The molecule has 0 fully saturated rings. The molecule has 0 atom stereocenters. The van der Waals surface area contributed by atoms with Crippen molar-refractivity contribution in [2.45, 2.75) is 25.7 Å². The summed E-state index contributed by atoms with van der Waals surface area (Å²) in [5, 5.41) is 2.90. The van der Waals surface area contributed by atoms with E-state index < -0.39 is 29.9 Å². The molecule has 9 nitrogen and oxygen atoms in total. The zero-order valence-electron chi connectivity index (χ0n) is 25.4. The van der Waals surface area contributed by atoms with E-state index in [-0.39, 0.29) is 25.5 Å². The number of rotatable bonds is 13. The SMILES string of the molecule is CCOC(=O)C(COC(=O)Cc1ccc(NC(=O)c2ccccc2-c2ccc(OC)cc2)cc1)(C(=O)OCC)c1ccccc1. The zero-order valence-corrected chi connectivity index (χ0v) is 25.4. The number of carbonyl (C=O) groups is 4. The van der Waals surface area contributed by atoms with Gasteiger partial charge in [0.2, 0.25) is 5.41 Å². The fourth-order valence-corrected chi connectivity index (χ4v) is 4.77. The van der Waals surface area contributed by atoms with Crippen LogP contribution in [-0.4, -0.2) is 50.7 Å². The van der Waals surface area contributed by atoms with Crippen molar-refractivity contribution in [3.8, 4) is 16.9 Å². The van der Waals surface area contributed by atoms with Gasteiger partial charge < -0.3 is 24.3 Å². The van der Waals surface area contributed by atoms with Gasteiger partial charge in [0.25, 0.3) is 5.91 Å². The largest absolute Gasteiger partial charge is 0.497 e. The van der Waals surface area contributed by atoms with Crippen LogP contribution in [0.5, 0.6) is 5.75 Å². The van der Waals surface area contributed by atoms with Crippen molar-refractivity contribution < 1.29 is 38.1 Å². The molecule has 0 saturated heterocycles. The number of ether oxygens (including phenoxy) is 4. The van der Waals surface area contributed by atoms with Crippen LogP contribution < -0.4 is 10.1 Å². The summed E-state index contributed by atoms with van der Waals surface area (Å²) in [5.74, 6) is -1.96. The van der Waals surface area contributed by atoms with Gasteiger partial charge in [0, 0.05) is 11.3 Å². The third kappa shape index (κ3) is 7.75. The van der Waals surface area contributed by atoms with E-state index in [0.717, 1.165) is 16.9 Å². The highest BCUT2D eigenvalue weighted by atomic mass is 16.6. The van der Waals surface area contributed by atoms with Crippen LogP contribution in [0, 0.1) is 0 Å². The number of esters is 3. The van der Waals surface area contributed by atoms with Crippen LogP contribution in [0.2, 0.25) is 0 Å². The molecule has 0 aliphatic carbocycles. The van der Waals surface area contributed by atoms with Gasteiger partial charge in [-0.05, 0) is 66.4 Å². The molecule has 232 valence electrons. The minimum absolute atomic E-state index is 0.0245. The van der Waals surface area contributed by atoms with E-state index in [2.05, 4.69) is 5.32 Å². The molecule has 0 spiro atoms. The Labute approximate surface area is 262 Å². The van der Waals surface area contributed by atoms with Gasteiger partial charge in [-0.3, -0.25) is 19.2 Å². The number of amides is 1. The van der Waals surface area contributed by atoms with Gasteiger partial charge in [0.1, 0.15) is 12.4 Å². The second-order valence-electron chi connectivity index (χ2n) is 9.97. The van der Waals surface area contributed by atoms with Gasteiger partial charge in [-0.15, -0.1) is 0 Å². The average molecular weight is 610 g/mol. The number of benzene rings is 4. The van der Waals surface area contributed by atoms with Gasteiger partial charge >= 0.3 is 17.9 Å². The fraction of sp³-hybridized carbons (Fsp3) is 0.222. The molecular formula is C36H35NO8. The number of hydrogen-bond acceptors (Lipinski definition) is 8. The standard InChI is InChI=1S/C36H35NO8/c1-4-43-34(40)36(35(41)44-5-2,27-11-7-6-8-12-27)24-45-32(38)23-25-15-19-28(20-16-25)37-33(39)31-14-10-9-13-30(31)26-17-21-29(42-3)22-18-26/h6-22H,4-5,23-24H2,1-3H3,(H,37,39). The molecule has 0 aliphatic rings. The Balaban J connectivity index is 1.44. The summed E-state index contributed by atoms with van der Waals surface area (Å²) in [7, 11) is 1.60. The Morgan fingerprint density at radius 2 is 1.29 bits per heavy atom. The summed E-state index contributed by atoms with van der Waals surface area (Å²) in [4.78, 5) is 52.4. The lowest BCUT2D eigenvalue weighted by Gasteiger charge is -2.29. The van der Waals surface area contributed by atoms with Gasteiger partial charge in [-0.1, -0.05) is 72.8 Å². The Morgan fingerprint density at radius 1 is 0.689 bits per heavy atom. The summed E-state index contributed by atoms with van der Waals surface area (Å²) in [6, 6.07) is 29.7. The number of hydrogen-bond donors (Lipinski definition) is 1. The molecule has 0 radical (unpaired) electrons. The van der Waals surface area contributed by atoms with Gasteiger partial charge in [0.15, 0.2) is 0 Å². The molecule has 1 N–H and O–H groups in total. The first-order valence-electron chi connectivity index (χ1n) is 14.5. The summed E-state index contributed by atoms with van der Waals surface area (Å²) in [6.07, 6.45) is -0.134. The summed E-state index contributed by atoms with van der Waals surface area (Å²) >= 11 is 0. The highest BCUT2D eigenvalue weighted by molar-refractivity contribution is 6.09. The van der Waals surface area contributed by atoms with E-state index in [9.17, 15) is 19.2 Å². The Kier molecular flexibility index (Phi) is 11.1. The molecule has 0 saturated carbocycles. The second-order valence-corrected chi connectivity index (χ2v) is 9.97. The van der Waals surface area contributed by atoms with Gasteiger partial charge in [-0.2, -0.15) is 0 Å². The van der Waals surface area contributed by atoms with Crippen LogP contribution in [0.3, 0.4) is 0 Å². The smallest absolute Gasteiger partial charge is 0.331 e. The lowest BCUT2D eigenvalue weighted by atomic mass is 9.81. The van der Waals surface area contributed by atoms with Crippen molar-refractivity contribution in [1.29, 1.82) is 0 Å². The predicted octanol–water partition coefficient (Wildman–Crippen LogP) is 5.76. The fourth-order valence-electron chi connectivity index (χ4n) is 4.77. The summed E-state index contributed by atoms with van der Waals surface area (Å²) in [5.41, 5.74) is 1.61. The highest BCUT2D eigenvalue weighted by Crippen LogP contribution is 2.30. The molecule has 0 heterocycles. The predicted molar refractivity (Wildman–Crippen MR) is 169 cm³/mol. The van der Waals surface area contributed by atoms with Crippen molar-refractivity contribution in [2.75, 3.05) is 32.2 Å². The quantitative estimate of drug-likeness (QED) is 0.115. The van der Waals surface area contributed by atoms with Crippen molar-refractivity contribution in [3.05, 3.63) is 120 Å². The van der Waals surface area contributed by atoms with Crippen molar-refractivity contribution >= 4 is 29.5 Å². The number of anilines is 1. The third-order valence-electron chi connectivity index (χ3n) is 7.10. The van der Waals surface area contributed by atoms with E-state index in [1.807, 2.05) is 36.4 Å². The lowest BCUT2D eigenvalue weighted by Crippen LogP contribution is -2.50. The van der Waals surface area contributed by atoms with Crippen molar-refractivity contribution in [3.63, 3.8) is 0 Å². The molecule has 9 heteroatoms. The molecule has 45 heavy (non-hydrogen) atoms. The average Bonchev–Trinajstić information content (AvgIpc) is 3.07. The maximum Gasteiger partial charge on any atom is 0.331 e. The first-order valence-corrected chi connectivity index (χ1v) is 14.5. The van der Waals surface area contributed by atoms with Crippen molar-refractivity contribution in [2.24, 2.45) is 0 Å². The Bertz CT molecular complexity index is 1600. The van der Waals surface area contributed by atoms with Crippen molar-refractivity contribution in [1.82, 2.24) is 0 Å². The molecule has 4 rings (SSSR count). The van der Waals surface area contributed by atoms with Gasteiger partial charge in [0.05, 0.1) is 26.7 Å². The molecule has 4 aromatic rings. The first kappa shape index (κ1) is 32.5. The van der Waals surface area contributed by atoms with Gasteiger partial charge in [-0.25, -0.2) is 0 Å². The summed E-state index contributed by atoms with van der Waals surface area (Å²) < 4.78 is 21.2. The van der Waals surface area contributed by atoms with E-state index in [1.54, 1.807) is 87.7 Å². The minimum atomic E-state index is -1.97. The Morgan fingerprint density at radius 3 is 1.89 bits per heavy atom. The highest BCUT2D eigenvalue weighted by Gasteiger charge is 2.52. The van der Waals surface area contributed by atoms with Crippen LogP contribution in [-0.2, 0) is 40.4 Å². The monoisotopic (exact) mass is 609 g/mol. The van der Waals surface area contributed by atoms with E-state index in [4.69, 9.17) is 18.9 Å². The Hall–Kier alpha value is -5.44. The molecule has 1 amide bonds. The van der Waals surface area contributed by atoms with E-state index in [1.165, 1.54) is 0 Å². The third-order valence-corrected chi connectivity index (χ3v) is 7.10. The van der Waals surface area contributed by atoms with E-state index in [0.29, 0.717) is 22.4 Å². The molecule has 0 aliphatic heterocycles. The topological polar surface area (TPSA) is 117 Å². The molecule has 4 aromatic carbocycles. The maximum atomic E-state index is 13.2. The molecular weight excluding hydrogens is 574 g/mol.